The number of rotatable bonds is 5. The van der Waals surface area contributed by atoms with Gasteiger partial charge in [-0.05, 0) is 30.9 Å². The average Bonchev–Trinajstić information content (AvgIpc) is 3.19. The highest BCUT2D eigenvalue weighted by atomic mass is 127. The van der Waals surface area contributed by atoms with Crippen LogP contribution in [0, 0.1) is 5.92 Å². The largest absolute Gasteiger partial charge is 0.469 e. The van der Waals surface area contributed by atoms with Gasteiger partial charge in [-0.3, -0.25) is 9.79 Å². The average molecular weight is 488 g/mol. The second-order valence-corrected chi connectivity index (χ2v) is 7.42. The van der Waals surface area contributed by atoms with Crippen LogP contribution >= 0.6 is 24.0 Å². The van der Waals surface area contributed by atoms with E-state index in [2.05, 4.69) is 10.2 Å². The number of piperazine rings is 1. The number of carbonyl (C=O) groups is 1. The van der Waals surface area contributed by atoms with Crippen molar-refractivity contribution in [1.29, 1.82) is 0 Å². The molecule has 1 aromatic heterocycles. The van der Waals surface area contributed by atoms with E-state index in [-0.39, 0.29) is 29.9 Å². The van der Waals surface area contributed by atoms with Crippen molar-refractivity contribution in [3.8, 4) is 0 Å². The number of amides is 1. The number of nitrogens with one attached hydrogen (secondary N) is 1. The van der Waals surface area contributed by atoms with Gasteiger partial charge in [0.25, 0.3) is 0 Å². The Balaban J connectivity index is 0.00000261. The van der Waals surface area contributed by atoms with Gasteiger partial charge in [-0.1, -0.05) is 19.3 Å². The van der Waals surface area contributed by atoms with Gasteiger partial charge in [0, 0.05) is 52.6 Å². The fourth-order valence-corrected chi connectivity index (χ4v) is 3.84. The summed E-state index contributed by atoms with van der Waals surface area (Å²) in [5.74, 6) is 2.87. The number of aliphatic imine (C=N–C) groups is 1. The minimum atomic E-state index is 0. The summed E-state index contributed by atoms with van der Waals surface area (Å²) in [5.41, 5.74) is 0. The Morgan fingerprint density at radius 3 is 2.52 bits per heavy atom. The molecule has 0 radical (unpaired) electrons. The summed E-state index contributed by atoms with van der Waals surface area (Å²) < 4.78 is 5.42. The van der Waals surface area contributed by atoms with Crippen molar-refractivity contribution in [2.24, 2.45) is 10.9 Å². The molecule has 27 heavy (non-hydrogen) atoms. The summed E-state index contributed by atoms with van der Waals surface area (Å²) in [7, 11) is 0. The third-order valence-corrected chi connectivity index (χ3v) is 5.48. The first kappa shape index (κ1) is 22.0. The second kappa shape index (κ2) is 11.6. The van der Waals surface area contributed by atoms with Crippen molar-refractivity contribution < 1.29 is 9.21 Å². The molecule has 1 saturated heterocycles. The van der Waals surface area contributed by atoms with E-state index in [0.29, 0.717) is 0 Å². The topological polar surface area (TPSA) is 61.1 Å². The molecule has 0 atom stereocenters. The number of nitrogens with zero attached hydrogens (tertiary/aromatic N) is 3. The van der Waals surface area contributed by atoms with E-state index >= 15 is 0 Å². The van der Waals surface area contributed by atoms with Crippen LogP contribution in [0.4, 0.5) is 0 Å². The number of furan rings is 1. The molecule has 2 fully saturated rings. The lowest BCUT2D eigenvalue weighted by molar-refractivity contribution is -0.130. The molecule has 1 aliphatic carbocycles. The molecule has 0 unspecified atom stereocenters. The van der Waals surface area contributed by atoms with Gasteiger partial charge in [0.2, 0.25) is 5.91 Å². The summed E-state index contributed by atoms with van der Waals surface area (Å²) >= 11 is 0. The first-order chi connectivity index (χ1) is 12.7. The van der Waals surface area contributed by atoms with Crippen molar-refractivity contribution in [3.05, 3.63) is 24.2 Å². The number of guanidine groups is 1. The molecule has 7 heteroatoms. The van der Waals surface area contributed by atoms with Gasteiger partial charge in [-0.2, -0.15) is 0 Å². The summed E-state index contributed by atoms with van der Waals surface area (Å²) in [6.07, 6.45) is 9.25. The van der Waals surface area contributed by atoms with Crippen molar-refractivity contribution in [2.45, 2.75) is 45.4 Å². The third-order valence-electron chi connectivity index (χ3n) is 5.48. The smallest absolute Gasteiger partial charge is 0.219 e. The highest BCUT2D eigenvalue weighted by Crippen LogP contribution is 2.23. The number of hydrogen-bond acceptors (Lipinski definition) is 3. The quantitative estimate of drug-likeness (QED) is 0.393. The Bertz CT molecular complexity index is 577. The Kier molecular flexibility index (Phi) is 9.44. The summed E-state index contributed by atoms with van der Waals surface area (Å²) in [6, 6.07) is 3.93. The minimum Gasteiger partial charge on any atom is -0.469 e. The summed E-state index contributed by atoms with van der Waals surface area (Å²) in [5, 5.41) is 3.52. The first-order valence-electron chi connectivity index (χ1n) is 10.0. The van der Waals surface area contributed by atoms with E-state index in [1.54, 1.807) is 13.2 Å². The van der Waals surface area contributed by atoms with E-state index in [1.165, 1.54) is 32.1 Å². The molecular weight excluding hydrogens is 455 g/mol. The normalized spacial score (nSPS) is 18.9. The van der Waals surface area contributed by atoms with Gasteiger partial charge in [0.05, 0.1) is 6.26 Å². The summed E-state index contributed by atoms with van der Waals surface area (Å²) in [6.45, 7) is 6.61. The fourth-order valence-electron chi connectivity index (χ4n) is 3.84. The molecule has 0 spiro atoms. The molecule has 0 bridgehead atoms. The molecule has 1 saturated carbocycles. The maximum Gasteiger partial charge on any atom is 0.219 e. The highest BCUT2D eigenvalue weighted by molar-refractivity contribution is 14.0. The molecule has 1 aliphatic heterocycles. The molecule has 1 aromatic rings. The fraction of sp³-hybridized carbons (Fsp3) is 0.700. The van der Waals surface area contributed by atoms with Crippen LogP contribution in [0.25, 0.3) is 0 Å². The molecule has 3 rings (SSSR count). The van der Waals surface area contributed by atoms with Crippen molar-refractivity contribution in [2.75, 3.05) is 39.3 Å². The zero-order valence-electron chi connectivity index (χ0n) is 16.4. The van der Waals surface area contributed by atoms with Gasteiger partial charge in [-0.25, -0.2) is 0 Å². The van der Waals surface area contributed by atoms with Crippen LogP contribution in [0.15, 0.2) is 27.8 Å². The van der Waals surface area contributed by atoms with Crippen LogP contribution in [-0.4, -0.2) is 60.9 Å². The molecular formula is C20H33IN4O2. The third kappa shape index (κ3) is 7.01. The second-order valence-electron chi connectivity index (χ2n) is 7.42. The number of halogens is 1. The minimum absolute atomic E-state index is 0. The Hall–Kier alpha value is -1.25. The highest BCUT2D eigenvalue weighted by Gasteiger charge is 2.21. The zero-order chi connectivity index (χ0) is 18.2. The monoisotopic (exact) mass is 488 g/mol. The van der Waals surface area contributed by atoms with Gasteiger partial charge in [0.15, 0.2) is 5.96 Å². The maximum atomic E-state index is 11.6. The van der Waals surface area contributed by atoms with Crippen LogP contribution in [0.2, 0.25) is 0 Å². The van der Waals surface area contributed by atoms with Gasteiger partial charge in [-0.15, -0.1) is 24.0 Å². The van der Waals surface area contributed by atoms with Crippen molar-refractivity contribution in [3.63, 3.8) is 0 Å². The Morgan fingerprint density at radius 1 is 1.19 bits per heavy atom. The van der Waals surface area contributed by atoms with Crippen LogP contribution in [0.5, 0.6) is 0 Å². The lowest BCUT2D eigenvalue weighted by atomic mass is 9.89. The van der Waals surface area contributed by atoms with Gasteiger partial charge in [0.1, 0.15) is 5.76 Å². The predicted octanol–water partition coefficient (Wildman–Crippen LogP) is 3.13. The van der Waals surface area contributed by atoms with Crippen LogP contribution in [-0.2, 0) is 11.2 Å². The molecule has 6 nitrogen and oxygen atoms in total. The summed E-state index contributed by atoms with van der Waals surface area (Å²) in [4.78, 5) is 20.7. The van der Waals surface area contributed by atoms with Crippen molar-refractivity contribution in [1.82, 2.24) is 15.1 Å². The molecule has 2 aliphatic rings. The van der Waals surface area contributed by atoms with Gasteiger partial charge >= 0.3 is 0 Å². The molecule has 152 valence electrons. The molecule has 1 N–H and O–H groups in total. The van der Waals surface area contributed by atoms with E-state index in [1.807, 2.05) is 17.0 Å². The zero-order valence-corrected chi connectivity index (χ0v) is 18.7. The van der Waals surface area contributed by atoms with Crippen molar-refractivity contribution >= 4 is 35.8 Å². The van der Waals surface area contributed by atoms with E-state index < -0.39 is 0 Å². The Labute approximate surface area is 179 Å². The predicted molar refractivity (Wildman–Crippen MR) is 119 cm³/mol. The lowest BCUT2D eigenvalue weighted by Crippen LogP contribution is -2.53. The Morgan fingerprint density at radius 2 is 1.89 bits per heavy atom. The molecule has 1 amide bonds. The van der Waals surface area contributed by atoms with E-state index in [9.17, 15) is 4.79 Å². The molecule has 2 heterocycles. The standard InChI is InChI=1S/C20H32N4O2.HI/c1-17(25)23-11-13-24(14-12-23)20(21-10-9-19-8-5-15-26-19)22-16-18-6-3-2-4-7-18;/h5,8,15,18H,2-4,6-7,9-14,16H2,1H3,(H,21,22);1H. The van der Waals surface area contributed by atoms with Gasteiger partial charge < -0.3 is 19.5 Å². The number of carbonyl (C=O) groups excluding carboxylic acids is 1. The lowest BCUT2D eigenvalue weighted by Gasteiger charge is -2.36. The maximum absolute atomic E-state index is 11.6. The van der Waals surface area contributed by atoms with E-state index in [4.69, 9.17) is 9.41 Å². The van der Waals surface area contributed by atoms with Crippen LogP contribution in [0.1, 0.15) is 44.8 Å². The first-order valence-corrected chi connectivity index (χ1v) is 10.0. The SMILES string of the molecule is CC(=O)N1CCN(C(=NCC2CCCCC2)NCCc2ccco2)CC1.I. The number of hydrogen-bond donors (Lipinski definition) is 1. The van der Waals surface area contributed by atoms with E-state index in [0.717, 1.165) is 63.3 Å². The molecule has 0 aromatic carbocycles. The van der Waals surface area contributed by atoms with Crippen LogP contribution in [0.3, 0.4) is 0 Å². The van der Waals surface area contributed by atoms with Crippen LogP contribution < -0.4 is 5.32 Å².